The van der Waals surface area contributed by atoms with E-state index in [9.17, 15) is 9.59 Å². The molecule has 3 atom stereocenters. The largest absolute Gasteiger partial charge is 0.415 e. The van der Waals surface area contributed by atoms with Crippen molar-refractivity contribution in [2.24, 2.45) is 5.92 Å². The van der Waals surface area contributed by atoms with E-state index in [1.165, 1.54) is 0 Å². The number of likely N-dealkylation sites (tertiary alicyclic amines) is 1. The van der Waals surface area contributed by atoms with Gasteiger partial charge in [-0.15, -0.1) is 0 Å². The summed E-state index contributed by atoms with van der Waals surface area (Å²) in [6.07, 6.45) is 6.02. The minimum Gasteiger partial charge on any atom is -0.410 e. The van der Waals surface area contributed by atoms with Gasteiger partial charge in [-0.3, -0.25) is 4.79 Å². The van der Waals surface area contributed by atoms with E-state index < -0.39 is 0 Å². The lowest BCUT2D eigenvalue weighted by Crippen LogP contribution is -2.58. The maximum Gasteiger partial charge on any atom is 0.415 e. The van der Waals surface area contributed by atoms with Gasteiger partial charge in [0.25, 0.3) is 0 Å². The first-order chi connectivity index (χ1) is 11.2. The Labute approximate surface area is 137 Å². The van der Waals surface area contributed by atoms with Gasteiger partial charge in [-0.25, -0.2) is 4.79 Å². The van der Waals surface area contributed by atoms with Gasteiger partial charge in [-0.1, -0.05) is 44.4 Å². The van der Waals surface area contributed by atoms with Gasteiger partial charge < -0.3 is 9.64 Å². The zero-order valence-corrected chi connectivity index (χ0v) is 13.7. The highest BCUT2D eigenvalue weighted by molar-refractivity contribution is 5.85. The number of ketones is 1. The van der Waals surface area contributed by atoms with Crippen LogP contribution in [0.4, 0.5) is 4.79 Å². The molecule has 23 heavy (non-hydrogen) atoms. The number of Topliss-reactive ketones (excluding diaryl/α,β-unsaturated/α-hetero) is 1. The zero-order valence-electron chi connectivity index (χ0n) is 13.7. The number of nitrogens with zero attached hydrogens (tertiary/aromatic N) is 1. The van der Waals surface area contributed by atoms with E-state index in [1.807, 2.05) is 23.1 Å². The molecule has 0 spiro atoms. The van der Waals surface area contributed by atoms with Crippen molar-refractivity contribution in [3.63, 3.8) is 0 Å². The predicted octanol–water partition coefficient (Wildman–Crippen LogP) is 4.19. The van der Waals surface area contributed by atoms with Crippen LogP contribution in [0.5, 0.6) is 5.75 Å². The van der Waals surface area contributed by atoms with Crippen LogP contribution < -0.4 is 4.74 Å². The Morgan fingerprint density at radius 2 is 1.96 bits per heavy atom. The third kappa shape index (κ3) is 3.41. The Morgan fingerprint density at radius 3 is 2.70 bits per heavy atom. The molecule has 0 unspecified atom stereocenters. The minimum absolute atomic E-state index is 0.0111. The summed E-state index contributed by atoms with van der Waals surface area (Å²) in [7, 11) is 0. The number of para-hydroxylation sites is 1. The number of piperidine rings is 1. The second kappa shape index (κ2) is 7.16. The van der Waals surface area contributed by atoms with Crippen molar-refractivity contribution in [3.05, 3.63) is 30.3 Å². The minimum atomic E-state index is -0.293. The zero-order chi connectivity index (χ0) is 16.2. The van der Waals surface area contributed by atoms with Crippen LogP contribution >= 0.6 is 0 Å². The summed E-state index contributed by atoms with van der Waals surface area (Å²) in [4.78, 5) is 27.2. The molecule has 2 fully saturated rings. The molecule has 1 aliphatic heterocycles. The molecular weight excluding hydrogens is 290 g/mol. The van der Waals surface area contributed by atoms with Crippen molar-refractivity contribution in [2.75, 3.05) is 0 Å². The predicted molar refractivity (Wildman–Crippen MR) is 88.4 cm³/mol. The van der Waals surface area contributed by atoms with Gasteiger partial charge in [0.15, 0.2) is 0 Å². The summed E-state index contributed by atoms with van der Waals surface area (Å²) >= 11 is 0. The molecule has 0 radical (unpaired) electrons. The third-order valence-electron chi connectivity index (χ3n) is 5.11. The van der Waals surface area contributed by atoms with Crippen LogP contribution in [0.2, 0.25) is 0 Å². The molecule has 124 valence electrons. The van der Waals surface area contributed by atoms with Gasteiger partial charge in [-0.05, 0) is 31.4 Å². The fourth-order valence-electron chi connectivity index (χ4n) is 4.07. The summed E-state index contributed by atoms with van der Waals surface area (Å²) in [5.74, 6) is 0.925. The SMILES string of the molecule is CCC[C@H]1CC(=O)[C@H]2CCCC[C@H]2N1C(=O)Oc1ccccc1. The van der Waals surface area contributed by atoms with Gasteiger partial charge in [0, 0.05) is 24.4 Å². The number of hydrogen-bond donors (Lipinski definition) is 0. The quantitative estimate of drug-likeness (QED) is 0.840. The number of amides is 1. The van der Waals surface area contributed by atoms with Crippen LogP contribution in [0.25, 0.3) is 0 Å². The lowest BCUT2D eigenvalue weighted by molar-refractivity contribution is -0.132. The Morgan fingerprint density at radius 1 is 1.22 bits per heavy atom. The number of rotatable bonds is 3. The van der Waals surface area contributed by atoms with Crippen molar-refractivity contribution >= 4 is 11.9 Å². The molecule has 3 rings (SSSR count). The maximum atomic E-state index is 12.8. The van der Waals surface area contributed by atoms with Gasteiger partial charge in [0.1, 0.15) is 11.5 Å². The first-order valence-corrected chi connectivity index (χ1v) is 8.78. The van der Waals surface area contributed by atoms with Crippen molar-refractivity contribution in [2.45, 2.75) is 64.0 Å². The van der Waals surface area contributed by atoms with E-state index in [4.69, 9.17) is 4.74 Å². The molecule has 1 saturated carbocycles. The number of fused-ring (bicyclic) bond motifs is 1. The van der Waals surface area contributed by atoms with Gasteiger partial charge in [0.05, 0.1) is 0 Å². The third-order valence-corrected chi connectivity index (χ3v) is 5.11. The fraction of sp³-hybridized carbons (Fsp3) is 0.579. The number of hydrogen-bond acceptors (Lipinski definition) is 3. The Kier molecular flexibility index (Phi) is 4.99. The van der Waals surface area contributed by atoms with E-state index >= 15 is 0 Å². The Balaban J connectivity index is 1.81. The summed E-state index contributed by atoms with van der Waals surface area (Å²) in [6, 6.07) is 9.21. The summed E-state index contributed by atoms with van der Waals surface area (Å²) < 4.78 is 5.59. The topological polar surface area (TPSA) is 46.6 Å². The van der Waals surface area contributed by atoms with E-state index in [1.54, 1.807) is 12.1 Å². The molecule has 1 aromatic carbocycles. The number of ether oxygens (including phenoxy) is 1. The lowest BCUT2D eigenvalue weighted by atomic mass is 9.75. The highest BCUT2D eigenvalue weighted by Crippen LogP contribution is 2.37. The Bertz CT molecular complexity index is 557. The molecule has 4 nitrogen and oxygen atoms in total. The lowest BCUT2D eigenvalue weighted by Gasteiger charge is -2.46. The van der Waals surface area contributed by atoms with Crippen LogP contribution in [-0.2, 0) is 4.79 Å². The van der Waals surface area contributed by atoms with Crippen LogP contribution in [0, 0.1) is 5.92 Å². The Hall–Kier alpha value is -1.84. The summed E-state index contributed by atoms with van der Waals surface area (Å²) in [5.41, 5.74) is 0. The van der Waals surface area contributed by atoms with E-state index in [0.29, 0.717) is 18.0 Å². The maximum absolute atomic E-state index is 12.8. The van der Waals surface area contributed by atoms with Crippen LogP contribution in [0.1, 0.15) is 51.9 Å². The first-order valence-electron chi connectivity index (χ1n) is 8.78. The summed E-state index contributed by atoms with van der Waals surface area (Å²) in [6.45, 7) is 2.10. The van der Waals surface area contributed by atoms with Gasteiger partial charge in [0.2, 0.25) is 0 Å². The summed E-state index contributed by atoms with van der Waals surface area (Å²) in [5, 5.41) is 0. The highest BCUT2D eigenvalue weighted by Gasteiger charge is 2.45. The first kappa shape index (κ1) is 16.0. The molecule has 2 aliphatic rings. The van der Waals surface area contributed by atoms with E-state index in [-0.39, 0.29) is 24.1 Å². The number of carbonyl (C=O) groups excluding carboxylic acids is 2. The number of benzene rings is 1. The smallest absolute Gasteiger partial charge is 0.410 e. The molecule has 1 saturated heterocycles. The standard InChI is InChI=1S/C19H25NO3/c1-2-8-14-13-18(21)16-11-6-7-12-17(16)20(14)19(22)23-15-9-4-3-5-10-15/h3-5,9-10,14,16-17H,2,6-8,11-13H2,1H3/t14-,16-,17+/m0/s1. The van der Waals surface area contributed by atoms with Crippen molar-refractivity contribution < 1.29 is 14.3 Å². The molecule has 1 aliphatic carbocycles. The molecular formula is C19H25NO3. The molecule has 0 bridgehead atoms. The van der Waals surface area contributed by atoms with Crippen molar-refractivity contribution in [1.29, 1.82) is 0 Å². The fourth-order valence-corrected chi connectivity index (χ4v) is 4.07. The molecule has 0 aromatic heterocycles. The van der Waals surface area contributed by atoms with Crippen LogP contribution in [0.3, 0.4) is 0 Å². The van der Waals surface area contributed by atoms with Crippen molar-refractivity contribution in [3.8, 4) is 5.75 Å². The van der Waals surface area contributed by atoms with E-state index in [2.05, 4.69) is 6.92 Å². The van der Waals surface area contributed by atoms with Crippen molar-refractivity contribution in [1.82, 2.24) is 4.90 Å². The number of carbonyl (C=O) groups is 2. The molecule has 1 amide bonds. The second-order valence-corrected chi connectivity index (χ2v) is 6.66. The molecule has 1 heterocycles. The molecule has 0 N–H and O–H groups in total. The average Bonchev–Trinajstić information content (AvgIpc) is 2.56. The van der Waals surface area contributed by atoms with Gasteiger partial charge >= 0.3 is 6.09 Å². The molecule has 4 heteroatoms. The molecule has 1 aromatic rings. The average molecular weight is 315 g/mol. The van der Waals surface area contributed by atoms with Crippen LogP contribution in [-0.4, -0.2) is 28.9 Å². The van der Waals surface area contributed by atoms with E-state index in [0.717, 1.165) is 38.5 Å². The highest BCUT2D eigenvalue weighted by atomic mass is 16.6. The van der Waals surface area contributed by atoms with Gasteiger partial charge in [-0.2, -0.15) is 0 Å². The normalized spacial score (nSPS) is 27.4. The monoisotopic (exact) mass is 315 g/mol. The second-order valence-electron chi connectivity index (χ2n) is 6.66. The van der Waals surface area contributed by atoms with Crippen LogP contribution in [0.15, 0.2) is 30.3 Å².